The minimum Gasteiger partial charge on any atom is -0.381 e. The molecule has 2 unspecified atom stereocenters. The second-order valence-electron chi connectivity index (χ2n) is 5.39. The van der Waals surface area contributed by atoms with E-state index in [0.29, 0.717) is 17.0 Å². The number of rotatable bonds is 3. The van der Waals surface area contributed by atoms with Gasteiger partial charge in [0, 0.05) is 12.5 Å². The molecule has 0 saturated carbocycles. The second-order valence-corrected chi connectivity index (χ2v) is 6.25. The van der Waals surface area contributed by atoms with Gasteiger partial charge in [0.1, 0.15) is 5.82 Å². The number of hydrogen-bond acceptors (Lipinski definition) is 3. The molecular formula is C15H17BrFN3O. The molecule has 1 saturated heterocycles. The van der Waals surface area contributed by atoms with E-state index in [2.05, 4.69) is 20.9 Å². The van der Waals surface area contributed by atoms with Crippen LogP contribution < -0.4 is 5.73 Å². The van der Waals surface area contributed by atoms with Gasteiger partial charge in [-0.25, -0.2) is 9.37 Å². The number of halogens is 2. The molecule has 0 amide bonds. The average Bonchev–Trinajstić information content (AvgIpc) is 3.12. The third kappa shape index (κ3) is 2.75. The van der Waals surface area contributed by atoms with Crippen molar-refractivity contribution < 1.29 is 9.13 Å². The van der Waals surface area contributed by atoms with E-state index in [4.69, 9.17) is 10.5 Å². The molecule has 1 aromatic carbocycles. The summed E-state index contributed by atoms with van der Waals surface area (Å²) in [5, 5.41) is 0. The first-order valence-corrected chi connectivity index (χ1v) is 7.69. The number of hydrogen-bond donors (Lipinski definition) is 1. The Balaban J connectivity index is 2.00. The summed E-state index contributed by atoms with van der Waals surface area (Å²) in [5.41, 5.74) is 9.02. The Morgan fingerprint density at radius 3 is 3.05 bits per heavy atom. The van der Waals surface area contributed by atoms with Gasteiger partial charge in [0.2, 0.25) is 0 Å². The quantitative estimate of drug-likeness (QED) is 0.922. The summed E-state index contributed by atoms with van der Waals surface area (Å²) in [4.78, 5) is 4.22. The molecule has 0 aliphatic carbocycles. The van der Waals surface area contributed by atoms with Crippen LogP contribution in [0.15, 0.2) is 29.1 Å². The summed E-state index contributed by atoms with van der Waals surface area (Å²) in [5.74, 6) is 0.0241. The molecule has 0 radical (unpaired) electrons. The molecule has 0 spiro atoms. The molecule has 1 aromatic heterocycles. The van der Waals surface area contributed by atoms with Crippen molar-refractivity contribution in [2.24, 2.45) is 11.7 Å². The van der Waals surface area contributed by atoms with Gasteiger partial charge >= 0.3 is 0 Å². The third-order valence-corrected chi connectivity index (χ3v) is 4.59. The highest BCUT2D eigenvalue weighted by Gasteiger charge is 2.27. The van der Waals surface area contributed by atoms with Crippen molar-refractivity contribution >= 4 is 15.9 Å². The van der Waals surface area contributed by atoms with Gasteiger partial charge in [0.05, 0.1) is 41.0 Å². The molecule has 0 bridgehead atoms. The number of ether oxygens (including phenoxy) is 1. The van der Waals surface area contributed by atoms with Crippen LogP contribution in [0.3, 0.4) is 0 Å². The van der Waals surface area contributed by atoms with Crippen molar-refractivity contribution in [3.63, 3.8) is 0 Å². The SMILES string of the molecule is Cc1cc(F)c(Br)cc1-n1cncc1C(N)C1CCOC1. The minimum atomic E-state index is -0.272. The fraction of sp³-hybridized carbons (Fsp3) is 0.400. The van der Waals surface area contributed by atoms with Crippen LogP contribution in [0.4, 0.5) is 4.39 Å². The lowest BCUT2D eigenvalue weighted by atomic mass is 9.97. The molecule has 1 aliphatic rings. The van der Waals surface area contributed by atoms with Crippen LogP contribution >= 0.6 is 15.9 Å². The van der Waals surface area contributed by atoms with Crippen molar-refractivity contribution in [3.05, 3.63) is 46.2 Å². The molecule has 2 heterocycles. The lowest BCUT2D eigenvalue weighted by molar-refractivity contribution is 0.180. The summed E-state index contributed by atoms with van der Waals surface area (Å²) >= 11 is 3.23. The summed E-state index contributed by atoms with van der Waals surface area (Å²) in [7, 11) is 0. The van der Waals surface area contributed by atoms with Gasteiger partial charge in [-0.2, -0.15) is 0 Å². The fourth-order valence-electron chi connectivity index (χ4n) is 2.73. The smallest absolute Gasteiger partial charge is 0.137 e. The topological polar surface area (TPSA) is 53.1 Å². The van der Waals surface area contributed by atoms with Gasteiger partial charge in [0.25, 0.3) is 0 Å². The Morgan fingerprint density at radius 2 is 2.33 bits per heavy atom. The maximum Gasteiger partial charge on any atom is 0.137 e. The van der Waals surface area contributed by atoms with Crippen molar-refractivity contribution in [2.75, 3.05) is 13.2 Å². The Bertz CT molecular complexity index is 652. The van der Waals surface area contributed by atoms with Gasteiger partial charge in [-0.05, 0) is 47.0 Å². The zero-order chi connectivity index (χ0) is 15.0. The van der Waals surface area contributed by atoms with Crippen LogP contribution in [0.25, 0.3) is 5.69 Å². The maximum absolute atomic E-state index is 13.6. The first-order valence-electron chi connectivity index (χ1n) is 6.89. The molecule has 112 valence electrons. The lowest BCUT2D eigenvalue weighted by Gasteiger charge is -2.20. The predicted molar refractivity (Wildman–Crippen MR) is 81.8 cm³/mol. The number of aromatic nitrogens is 2. The van der Waals surface area contributed by atoms with E-state index in [1.807, 2.05) is 11.5 Å². The largest absolute Gasteiger partial charge is 0.381 e. The van der Waals surface area contributed by atoms with E-state index in [1.165, 1.54) is 6.07 Å². The van der Waals surface area contributed by atoms with Gasteiger partial charge < -0.3 is 15.0 Å². The van der Waals surface area contributed by atoms with E-state index in [0.717, 1.165) is 30.0 Å². The first kappa shape index (κ1) is 14.7. The molecule has 2 N–H and O–H groups in total. The van der Waals surface area contributed by atoms with E-state index in [9.17, 15) is 4.39 Å². The van der Waals surface area contributed by atoms with Crippen LogP contribution in [0, 0.1) is 18.7 Å². The summed E-state index contributed by atoms with van der Waals surface area (Å²) in [6, 6.07) is 3.12. The number of aryl methyl sites for hydroxylation is 1. The van der Waals surface area contributed by atoms with Crippen molar-refractivity contribution in [2.45, 2.75) is 19.4 Å². The second kappa shape index (κ2) is 5.87. The van der Waals surface area contributed by atoms with Gasteiger partial charge in [-0.1, -0.05) is 0 Å². The van der Waals surface area contributed by atoms with E-state index >= 15 is 0 Å². The number of nitrogens with zero attached hydrogens (tertiary/aromatic N) is 2. The van der Waals surface area contributed by atoms with E-state index < -0.39 is 0 Å². The van der Waals surface area contributed by atoms with Gasteiger partial charge in [-0.15, -0.1) is 0 Å². The molecular weight excluding hydrogens is 337 g/mol. The Hall–Kier alpha value is -1.24. The standard InChI is InChI=1S/C15H17BrFN3O/c1-9-4-12(17)11(16)5-13(9)20-8-19-6-14(20)15(18)10-2-3-21-7-10/h4-6,8,10,15H,2-3,7,18H2,1H3. The normalized spacial score (nSPS) is 19.9. The highest BCUT2D eigenvalue weighted by molar-refractivity contribution is 9.10. The molecule has 2 atom stereocenters. The van der Waals surface area contributed by atoms with Crippen LogP contribution in [0.2, 0.25) is 0 Å². The summed E-state index contributed by atoms with van der Waals surface area (Å²) in [6.07, 6.45) is 4.45. The fourth-order valence-corrected chi connectivity index (χ4v) is 3.06. The molecule has 2 aromatic rings. The van der Waals surface area contributed by atoms with Gasteiger partial charge in [-0.3, -0.25) is 0 Å². The summed E-state index contributed by atoms with van der Waals surface area (Å²) < 4.78 is 21.4. The zero-order valence-electron chi connectivity index (χ0n) is 11.7. The Kier molecular flexibility index (Phi) is 4.10. The predicted octanol–water partition coefficient (Wildman–Crippen LogP) is 3.12. The Labute approximate surface area is 131 Å². The highest BCUT2D eigenvalue weighted by Crippen LogP contribution is 2.30. The van der Waals surface area contributed by atoms with Crippen LogP contribution in [0.1, 0.15) is 23.7 Å². The summed E-state index contributed by atoms with van der Waals surface area (Å²) in [6.45, 7) is 3.31. The van der Waals surface area contributed by atoms with Crippen LogP contribution in [0.5, 0.6) is 0 Å². The monoisotopic (exact) mass is 353 g/mol. The highest BCUT2D eigenvalue weighted by atomic mass is 79.9. The zero-order valence-corrected chi connectivity index (χ0v) is 13.3. The Morgan fingerprint density at radius 1 is 1.52 bits per heavy atom. The van der Waals surface area contributed by atoms with Crippen LogP contribution in [-0.2, 0) is 4.74 Å². The first-order chi connectivity index (χ1) is 10.1. The molecule has 1 aliphatic heterocycles. The number of benzene rings is 1. The molecule has 6 heteroatoms. The number of nitrogens with two attached hydrogens (primary N) is 1. The van der Waals surface area contributed by atoms with Crippen molar-refractivity contribution in [1.29, 1.82) is 0 Å². The third-order valence-electron chi connectivity index (χ3n) is 3.98. The van der Waals surface area contributed by atoms with Gasteiger partial charge in [0.15, 0.2) is 0 Å². The van der Waals surface area contributed by atoms with Crippen molar-refractivity contribution in [3.8, 4) is 5.69 Å². The lowest BCUT2D eigenvalue weighted by Crippen LogP contribution is -2.24. The minimum absolute atomic E-state index is 0.141. The average molecular weight is 354 g/mol. The molecule has 1 fully saturated rings. The molecule has 3 rings (SSSR count). The van der Waals surface area contributed by atoms with E-state index in [1.54, 1.807) is 18.6 Å². The maximum atomic E-state index is 13.6. The van der Waals surface area contributed by atoms with Crippen molar-refractivity contribution in [1.82, 2.24) is 9.55 Å². The molecule has 21 heavy (non-hydrogen) atoms. The van der Waals surface area contributed by atoms with E-state index in [-0.39, 0.29) is 11.9 Å². The number of imidazole rings is 1. The molecule has 4 nitrogen and oxygen atoms in total. The van der Waals surface area contributed by atoms with Crippen LogP contribution in [-0.4, -0.2) is 22.8 Å².